The third kappa shape index (κ3) is 7.78. The molecule has 2 N–H and O–H groups in total. The molecule has 2 heterocycles. The van der Waals surface area contributed by atoms with Crippen LogP contribution in [-0.2, 0) is 9.59 Å². The number of piperazine rings is 1. The van der Waals surface area contributed by atoms with Gasteiger partial charge in [-0.2, -0.15) is 0 Å². The first-order valence-corrected chi connectivity index (χ1v) is 12.0. The highest BCUT2D eigenvalue weighted by Gasteiger charge is 2.24. The van der Waals surface area contributed by atoms with Gasteiger partial charge in [-0.3, -0.25) is 19.5 Å². The van der Waals surface area contributed by atoms with Crippen LogP contribution in [-0.4, -0.2) is 97.4 Å². The second-order valence-electron chi connectivity index (χ2n) is 8.74. The fourth-order valence-corrected chi connectivity index (χ4v) is 4.11. The molecule has 1 saturated carbocycles. The lowest BCUT2D eigenvalue weighted by Crippen LogP contribution is -2.54. The summed E-state index contributed by atoms with van der Waals surface area (Å²) in [5, 5.41) is 6.41. The van der Waals surface area contributed by atoms with Gasteiger partial charge in [0.05, 0.1) is 6.54 Å². The second kappa shape index (κ2) is 12.1. The Balaban J connectivity index is 1.38. The van der Waals surface area contributed by atoms with E-state index < -0.39 is 0 Å². The van der Waals surface area contributed by atoms with Gasteiger partial charge in [-0.25, -0.2) is 0 Å². The summed E-state index contributed by atoms with van der Waals surface area (Å²) in [6.45, 7) is 9.47. The van der Waals surface area contributed by atoms with Crippen LogP contribution in [0.2, 0.25) is 0 Å². The Morgan fingerprint density at radius 3 is 2.27 bits per heavy atom. The molecule has 2 amide bonds. The Hall–Kier alpha value is -1.83. The van der Waals surface area contributed by atoms with Crippen molar-refractivity contribution in [2.45, 2.75) is 64.3 Å². The monoisotopic (exact) mass is 420 g/mol. The van der Waals surface area contributed by atoms with E-state index in [1.165, 1.54) is 12.8 Å². The maximum Gasteiger partial charge on any atom is 0.236 e. The largest absolute Gasteiger partial charge is 0.357 e. The molecule has 2 aliphatic heterocycles. The topological polar surface area (TPSA) is 80.3 Å². The van der Waals surface area contributed by atoms with Gasteiger partial charge in [-0.1, -0.05) is 12.8 Å². The summed E-state index contributed by atoms with van der Waals surface area (Å²) in [5.74, 6) is 1.37. The van der Waals surface area contributed by atoms with Crippen molar-refractivity contribution >= 4 is 17.8 Å². The summed E-state index contributed by atoms with van der Waals surface area (Å²) < 4.78 is 0. The van der Waals surface area contributed by atoms with E-state index >= 15 is 0 Å². The average Bonchev–Trinajstić information content (AvgIpc) is 3.58. The molecule has 0 aromatic rings. The quantitative estimate of drug-likeness (QED) is 0.348. The highest BCUT2D eigenvalue weighted by atomic mass is 16.2. The van der Waals surface area contributed by atoms with E-state index in [2.05, 4.69) is 32.3 Å². The van der Waals surface area contributed by atoms with Crippen molar-refractivity contribution in [2.75, 3.05) is 58.9 Å². The molecule has 0 radical (unpaired) electrons. The van der Waals surface area contributed by atoms with Gasteiger partial charge in [0.1, 0.15) is 0 Å². The number of carbonyl (C=O) groups is 2. The number of aliphatic imine (C=N–C) groups is 1. The van der Waals surface area contributed by atoms with Crippen LogP contribution in [0.5, 0.6) is 0 Å². The molecule has 0 aromatic carbocycles. The Kier molecular flexibility index (Phi) is 9.24. The minimum absolute atomic E-state index is 0.153. The van der Waals surface area contributed by atoms with Crippen LogP contribution in [0.15, 0.2) is 4.99 Å². The van der Waals surface area contributed by atoms with E-state index in [-0.39, 0.29) is 11.8 Å². The minimum atomic E-state index is 0.153. The van der Waals surface area contributed by atoms with Gasteiger partial charge < -0.3 is 20.4 Å². The number of amides is 2. The molecule has 0 unspecified atom stereocenters. The summed E-state index contributed by atoms with van der Waals surface area (Å²) in [4.78, 5) is 35.8. The van der Waals surface area contributed by atoms with Crippen molar-refractivity contribution < 1.29 is 9.59 Å². The molecule has 8 heteroatoms. The molecule has 0 atom stereocenters. The Labute approximate surface area is 181 Å². The maximum atomic E-state index is 12.6. The number of rotatable bonds is 8. The second-order valence-corrected chi connectivity index (χ2v) is 8.74. The molecule has 1 aliphatic carbocycles. The van der Waals surface area contributed by atoms with Gasteiger partial charge in [0.2, 0.25) is 11.8 Å². The van der Waals surface area contributed by atoms with Crippen LogP contribution < -0.4 is 10.6 Å². The van der Waals surface area contributed by atoms with Crippen molar-refractivity contribution in [3.8, 4) is 0 Å². The van der Waals surface area contributed by atoms with Gasteiger partial charge in [0, 0.05) is 64.8 Å². The molecule has 0 aromatic heterocycles. The smallest absolute Gasteiger partial charge is 0.236 e. The lowest BCUT2D eigenvalue weighted by molar-refractivity contribution is -0.132. The highest BCUT2D eigenvalue weighted by molar-refractivity contribution is 5.80. The molecule has 170 valence electrons. The van der Waals surface area contributed by atoms with Crippen molar-refractivity contribution in [2.24, 2.45) is 4.99 Å². The summed E-state index contributed by atoms with van der Waals surface area (Å²) in [7, 11) is 0. The number of guanidine groups is 1. The summed E-state index contributed by atoms with van der Waals surface area (Å²) in [5.41, 5.74) is 0. The Bertz CT molecular complexity index is 576. The lowest BCUT2D eigenvalue weighted by Gasteiger charge is -2.37. The van der Waals surface area contributed by atoms with E-state index in [0.717, 1.165) is 83.9 Å². The first-order chi connectivity index (χ1) is 14.7. The number of hydrogen-bond donors (Lipinski definition) is 2. The van der Waals surface area contributed by atoms with Crippen molar-refractivity contribution in [3.63, 3.8) is 0 Å². The van der Waals surface area contributed by atoms with Crippen molar-refractivity contribution in [1.29, 1.82) is 0 Å². The summed E-state index contributed by atoms with van der Waals surface area (Å²) >= 11 is 0. The molecular formula is C22H40N6O2. The molecular weight excluding hydrogens is 380 g/mol. The molecule has 0 bridgehead atoms. The zero-order valence-corrected chi connectivity index (χ0v) is 18.7. The first-order valence-electron chi connectivity index (χ1n) is 12.0. The number of nitrogens with zero attached hydrogens (tertiary/aromatic N) is 4. The molecule has 2 saturated heterocycles. The predicted molar refractivity (Wildman–Crippen MR) is 119 cm³/mol. The fraction of sp³-hybridized carbons (Fsp3) is 0.864. The van der Waals surface area contributed by atoms with Crippen LogP contribution in [0.1, 0.15) is 58.3 Å². The van der Waals surface area contributed by atoms with Gasteiger partial charge in [0.25, 0.3) is 0 Å². The van der Waals surface area contributed by atoms with Crippen molar-refractivity contribution in [1.82, 2.24) is 25.3 Å². The summed E-state index contributed by atoms with van der Waals surface area (Å²) in [6.07, 6.45) is 8.37. The van der Waals surface area contributed by atoms with Crippen LogP contribution >= 0.6 is 0 Å². The minimum Gasteiger partial charge on any atom is -0.357 e. The van der Waals surface area contributed by atoms with E-state index in [0.29, 0.717) is 25.6 Å². The average molecular weight is 421 g/mol. The molecule has 0 spiro atoms. The lowest BCUT2D eigenvalue weighted by atomic mass is 10.2. The zero-order valence-electron chi connectivity index (χ0n) is 18.7. The van der Waals surface area contributed by atoms with Gasteiger partial charge in [0.15, 0.2) is 5.96 Å². The predicted octanol–water partition coefficient (Wildman–Crippen LogP) is 1.03. The molecule has 30 heavy (non-hydrogen) atoms. The Morgan fingerprint density at radius 1 is 0.933 bits per heavy atom. The highest BCUT2D eigenvalue weighted by Crippen LogP contribution is 2.18. The standard InChI is InChI=1S/C22H40N6O2/c1-2-23-22(24-11-7-8-20(29)25-19-9-10-19)28-16-14-26(15-17-28)18-21(30)27-12-5-3-4-6-13-27/h19H,2-18H2,1H3,(H,23,24)(H,25,29). The first kappa shape index (κ1) is 22.8. The third-order valence-electron chi connectivity index (χ3n) is 6.09. The number of carbonyl (C=O) groups excluding carboxylic acids is 2. The SMILES string of the molecule is CCNC(=NCCCC(=O)NC1CC1)N1CCN(CC(=O)N2CCCCCC2)CC1. The van der Waals surface area contributed by atoms with Crippen LogP contribution in [0.4, 0.5) is 0 Å². The van der Waals surface area contributed by atoms with Crippen molar-refractivity contribution in [3.05, 3.63) is 0 Å². The summed E-state index contributed by atoms with van der Waals surface area (Å²) in [6, 6.07) is 0.431. The zero-order chi connectivity index (χ0) is 21.2. The third-order valence-corrected chi connectivity index (χ3v) is 6.09. The van der Waals surface area contributed by atoms with E-state index in [1.54, 1.807) is 0 Å². The number of nitrogens with one attached hydrogen (secondary N) is 2. The van der Waals surface area contributed by atoms with Gasteiger partial charge in [-0.15, -0.1) is 0 Å². The number of likely N-dealkylation sites (tertiary alicyclic amines) is 1. The molecule has 3 aliphatic rings. The van der Waals surface area contributed by atoms with Crippen LogP contribution in [0.25, 0.3) is 0 Å². The van der Waals surface area contributed by atoms with Crippen LogP contribution in [0.3, 0.4) is 0 Å². The van der Waals surface area contributed by atoms with Gasteiger partial charge >= 0.3 is 0 Å². The molecule has 8 nitrogen and oxygen atoms in total. The maximum absolute atomic E-state index is 12.6. The molecule has 3 fully saturated rings. The van der Waals surface area contributed by atoms with Crippen LogP contribution in [0, 0.1) is 0 Å². The number of hydrogen-bond acceptors (Lipinski definition) is 4. The van der Waals surface area contributed by atoms with E-state index in [1.807, 2.05) is 0 Å². The Morgan fingerprint density at radius 2 is 1.63 bits per heavy atom. The van der Waals surface area contributed by atoms with Gasteiger partial charge in [-0.05, 0) is 39.0 Å². The van der Waals surface area contributed by atoms with E-state index in [9.17, 15) is 9.59 Å². The molecule has 3 rings (SSSR count). The normalized spacial score (nSPS) is 21.3. The van der Waals surface area contributed by atoms with E-state index in [4.69, 9.17) is 4.99 Å². The fourth-order valence-electron chi connectivity index (χ4n) is 4.11.